The first-order valence-electron chi connectivity index (χ1n) is 3.66. The summed E-state index contributed by atoms with van der Waals surface area (Å²) in [5, 5.41) is 3.06. The minimum atomic E-state index is -0.0188. The molecule has 0 aliphatic heterocycles. The van der Waals surface area contributed by atoms with Crippen LogP contribution in [-0.4, -0.2) is 11.0 Å². The Morgan fingerprint density at radius 3 is 3.08 bits per heavy atom. The molecule has 12 heavy (non-hydrogen) atoms. The summed E-state index contributed by atoms with van der Waals surface area (Å²) in [4.78, 5) is 3.86. The van der Waals surface area contributed by atoms with E-state index in [4.69, 9.17) is 12.2 Å². The van der Waals surface area contributed by atoms with Crippen LogP contribution in [-0.2, 0) is 0 Å². The molecule has 3 nitrogen and oxygen atoms in total. The highest BCUT2D eigenvalue weighted by atomic mass is 14.9. The predicted molar refractivity (Wildman–Crippen MR) is 50.6 cm³/mol. The standard InChI is InChI=1S/C9H11N3/c1-3-7(2)12-9-4-5-11-6-8(9)10/h1,4-7H,10H2,2H3,(H,11,12). The Balaban J connectivity index is 2.77. The summed E-state index contributed by atoms with van der Waals surface area (Å²) in [6.07, 6.45) is 8.46. The fourth-order valence-corrected chi connectivity index (χ4v) is 0.813. The van der Waals surface area contributed by atoms with Crippen molar-refractivity contribution in [2.24, 2.45) is 0 Å². The second-order valence-electron chi connectivity index (χ2n) is 2.50. The zero-order valence-electron chi connectivity index (χ0n) is 6.91. The first-order valence-corrected chi connectivity index (χ1v) is 3.66. The number of anilines is 2. The van der Waals surface area contributed by atoms with E-state index in [1.807, 2.05) is 6.92 Å². The van der Waals surface area contributed by atoms with Gasteiger partial charge in [0.15, 0.2) is 0 Å². The summed E-state index contributed by atoms with van der Waals surface area (Å²) < 4.78 is 0. The zero-order valence-corrected chi connectivity index (χ0v) is 6.91. The molecule has 0 aliphatic carbocycles. The number of nitrogen functional groups attached to an aromatic ring is 1. The Labute approximate surface area is 72.0 Å². The van der Waals surface area contributed by atoms with Gasteiger partial charge in [0.1, 0.15) is 0 Å². The van der Waals surface area contributed by atoms with E-state index in [0.717, 1.165) is 5.69 Å². The quantitative estimate of drug-likeness (QED) is 0.638. The molecule has 1 aromatic rings. The highest BCUT2D eigenvalue weighted by Crippen LogP contribution is 2.15. The third-order valence-electron chi connectivity index (χ3n) is 1.47. The van der Waals surface area contributed by atoms with E-state index in [9.17, 15) is 0 Å². The molecule has 0 amide bonds. The van der Waals surface area contributed by atoms with Crippen molar-refractivity contribution < 1.29 is 0 Å². The largest absolute Gasteiger partial charge is 0.396 e. The van der Waals surface area contributed by atoms with Gasteiger partial charge in [-0.15, -0.1) is 6.42 Å². The number of nitrogens with zero attached hydrogens (tertiary/aromatic N) is 1. The molecule has 0 radical (unpaired) electrons. The van der Waals surface area contributed by atoms with Gasteiger partial charge >= 0.3 is 0 Å². The van der Waals surface area contributed by atoms with Crippen molar-refractivity contribution in [2.75, 3.05) is 11.1 Å². The molecule has 3 N–H and O–H groups in total. The lowest BCUT2D eigenvalue weighted by molar-refractivity contribution is 1.03. The van der Waals surface area contributed by atoms with Crippen molar-refractivity contribution >= 4 is 11.4 Å². The first kappa shape index (κ1) is 8.41. The number of aromatic nitrogens is 1. The maximum atomic E-state index is 5.63. The highest BCUT2D eigenvalue weighted by Gasteiger charge is 1.99. The number of rotatable bonds is 2. The lowest BCUT2D eigenvalue weighted by atomic mass is 10.3. The van der Waals surface area contributed by atoms with E-state index in [-0.39, 0.29) is 6.04 Å². The monoisotopic (exact) mass is 161 g/mol. The third kappa shape index (κ3) is 1.89. The van der Waals surface area contributed by atoms with Crippen LogP contribution in [0.1, 0.15) is 6.92 Å². The summed E-state index contributed by atoms with van der Waals surface area (Å²) in [5.41, 5.74) is 7.07. The Bertz CT molecular complexity index is 301. The van der Waals surface area contributed by atoms with E-state index in [1.165, 1.54) is 0 Å². The maximum Gasteiger partial charge on any atom is 0.0846 e. The van der Waals surface area contributed by atoms with E-state index >= 15 is 0 Å². The van der Waals surface area contributed by atoms with Crippen LogP contribution < -0.4 is 11.1 Å². The summed E-state index contributed by atoms with van der Waals surface area (Å²) >= 11 is 0. The molecule has 0 aliphatic rings. The van der Waals surface area contributed by atoms with Crippen LogP contribution in [0.4, 0.5) is 11.4 Å². The van der Waals surface area contributed by atoms with Gasteiger partial charge in [0.25, 0.3) is 0 Å². The van der Waals surface area contributed by atoms with Crippen molar-refractivity contribution in [3.05, 3.63) is 18.5 Å². The Hall–Kier alpha value is -1.69. The molecule has 3 heteroatoms. The van der Waals surface area contributed by atoms with Crippen molar-refractivity contribution in [3.63, 3.8) is 0 Å². The molecule has 0 aromatic carbocycles. The summed E-state index contributed by atoms with van der Waals surface area (Å²) in [6, 6.07) is 1.78. The number of hydrogen-bond acceptors (Lipinski definition) is 3. The van der Waals surface area contributed by atoms with Crippen LogP contribution in [0.25, 0.3) is 0 Å². The van der Waals surface area contributed by atoms with Gasteiger partial charge in [0, 0.05) is 6.20 Å². The number of pyridine rings is 1. The van der Waals surface area contributed by atoms with Crippen LogP contribution in [0, 0.1) is 12.3 Å². The lowest BCUT2D eigenvalue weighted by Crippen LogP contribution is -2.13. The van der Waals surface area contributed by atoms with E-state index in [1.54, 1.807) is 18.5 Å². The normalized spacial score (nSPS) is 11.7. The molecular weight excluding hydrogens is 150 g/mol. The fourth-order valence-electron chi connectivity index (χ4n) is 0.813. The third-order valence-corrected chi connectivity index (χ3v) is 1.47. The molecule has 62 valence electrons. The minimum absolute atomic E-state index is 0.0188. The Morgan fingerprint density at radius 2 is 2.50 bits per heavy atom. The topological polar surface area (TPSA) is 50.9 Å². The van der Waals surface area contributed by atoms with Crippen molar-refractivity contribution in [3.8, 4) is 12.3 Å². The average Bonchev–Trinajstić information content (AvgIpc) is 2.09. The first-order chi connectivity index (χ1) is 5.74. The summed E-state index contributed by atoms with van der Waals surface area (Å²) in [6.45, 7) is 1.89. The van der Waals surface area contributed by atoms with E-state index in [2.05, 4.69) is 16.2 Å². The molecule has 0 saturated carbocycles. The van der Waals surface area contributed by atoms with Crippen molar-refractivity contribution in [1.82, 2.24) is 4.98 Å². The van der Waals surface area contributed by atoms with E-state index in [0.29, 0.717) is 5.69 Å². The maximum absolute atomic E-state index is 5.63. The van der Waals surface area contributed by atoms with Crippen molar-refractivity contribution in [2.45, 2.75) is 13.0 Å². The summed E-state index contributed by atoms with van der Waals surface area (Å²) in [5.74, 6) is 2.55. The van der Waals surface area contributed by atoms with Crippen LogP contribution in [0.5, 0.6) is 0 Å². The van der Waals surface area contributed by atoms with Crippen LogP contribution in [0.2, 0.25) is 0 Å². The SMILES string of the molecule is C#CC(C)Nc1ccncc1N. The van der Waals surface area contributed by atoms with Gasteiger partial charge in [-0.05, 0) is 13.0 Å². The zero-order chi connectivity index (χ0) is 8.97. The molecule has 1 atom stereocenters. The average molecular weight is 161 g/mol. The number of nitrogens with two attached hydrogens (primary N) is 1. The molecule has 1 heterocycles. The van der Waals surface area contributed by atoms with Gasteiger partial charge in [-0.1, -0.05) is 5.92 Å². The van der Waals surface area contributed by atoms with Gasteiger partial charge in [0.05, 0.1) is 23.6 Å². The lowest BCUT2D eigenvalue weighted by Gasteiger charge is -2.10. The smallest absolute Gasteiger partial charge is 0.0846 e. The molecule has 0 fully saturated rings. The second kappa shape index (κ2) is 3.63. The molecule has 1 unspecified atom stereocenters. The second-order valence-corrected chi connectivity index (χ2v) is 2.50. The minimum Gasteiger partial charge on any atom is -0.396 e. The van der Waals surface area contributed by atoms with Crippen LogP contribution in [0.3, 0.4) is 0 Å². The number of hydrogen-bond donors (Lipinski definition) is 2. The molecule has 1 aromatic heterocycles. The molecular formula is C9H11N3. The molecule has 1 rings (SSSR count). The Kier molecular flexibility index (Phi) is 2.54. The van der Waals surface area contributed by atoms with Gasteiger partial charge in [0.2, 0.25) is 0 Å². The highest BCUT2D eigenvalue weighted by molar-refractivity contribution is 5.64. The van der Waals surface area contributed by atoms with Crippen LogP contribution >= 0.6 is 0 Å². The van der Waals surface area contributed by atoms with Gasteiger partial charge in [-0.3, -0.25) is 4.98 Å². The Morgan fingerprint density at radius 1 is 1.75 bits per heavy atom. The van der Waals surface area contributed by atoms with Gasteiger partial charge < -0.3 is 11.1 Å². The predicted octanol–water partition coefficient (Wildman–Crippen LogP) is 1.10. The molecule has 0 saturated heterocycles. The van der Waals surface area contributed by atoms with Crippen molar-refractivity contribution in [1.29, 1.82) is 0 Å². The van der Waals surface area contributed by atoms with Crippen LogP contribution in [0.15, 0.2) is 18.5 Å². The number of terminal acetylenes is 1. The molecule has 0 spiro atoms. The van der Waals surface area contributed by atoms with Gasteiger partial charge in [-0.2, -0.15) is 0 Å². The van der Waals surface area contributed by atoms with Gasteiger partial charge in [-0.25, -0.2) is 0 Å². The van der Waals surface area contributed by atoms with E-state index < -0.39 is 0 Å². The summed E-state index contributed by atoms with van der Waals surface area (Å²) in [7, 11) is 0. The fraction of sp³-hybridized carbons (Fsp3) is 0.222. The molecule has 0 bridgehead atoms. The number of nitrogens with one attached hydrogen (secondary N) is 1.